The Morgan fingerprint density at radius 3 is 2.40 bits per heavy atom. The molecular weight excluding hydrogens is 226 g/mol. The lowest BCUT2D eigenvalue weighted by Crippen LogP contribution is -2.21. The van der Waals surface area contributed by atoms with E-state index in [9.17, 15) is 13.6 Å². The molecule has 1 aliphatic rings. The maximum Gasteiger partial charge on any atom is 0.314 e. The molecule has 1 aromatic rings. The fraction of sp³-hybridized carbons (Fsp3) is 0.300. The molecule has 1 aliphatic carbocycles. The van der Waals surface area contributed by atoms with Crippen LogP contribution in [-0.2, 0) is 10.2 Å². The number of benzene rings is 1. The second kappa shape index (κ2) is 3.17. The van der Waals surface area contributed by atoms with E-state index in [4.69, 9.17) is 16.7 Å². The normalized spacial score (nSPS) is 17.5. The van der Waals surface area contributed by atoms with E-state index in [1.54, 1.807) is 0 Å². The molecule has 80 valence electrons. The van der Waals surface area contributed by atoms with Crippen molar-refractivity contribution in [3.63, 3.8) is 0 Å². The number of rotatable bonds is 2. The Hall–Kier alpha value is -1.16. The van der Waals surface area contributed by atoms with E-state index in [1.165, 1.54) is 0 Å². The van der Waals surface area contributed by atoms with Crippen molar-refractivity contribution in [3.05, 3.63) is 34.4 Å². The molecule has 1 fully saturated rings. The molecule has 0 heterocycles. The average Bonchev–Trinajstić information content (AvgIpc) is 2.92. The number of hydrogen-bond donors (Lipinski definition) is 1. The molecular formula is C10H7ClF2O2. The third-order valence-electron chi connectivity index (χ3n) is 2.68. The van der Waals surface area contributed by atoms with Gasteiger partial charge in [0.1, 0.15) is 11.6 Å². The van der Waals surface area contributed by atoms with Crippen molar-refractivity contribution < 1.29 is 18.7 Å². The van der Waals surface area contributed by atoms with Gasteiger partial charge in [-0.25, -0.2) is 8.78 Å². The van der Waals surface area contributed by atoms with Crippen LogP contribution in [0.2, 0.25) is 5.02 Å². The number of halogens is 3. The number of aliphatic carboxylic acids is 1. The van der Waals surface area contributed by atoms with Gasteiger partial charge in [-0.1, -0.05) is 11.6 Å². The van der Waals surface area contributed by atoms with Crippen molar-refractivity contribution in [1.82, 2.24) is 0 Å². The zero-order chi connectivity index (χ0) is 11.2. The van der Waals surface area contributed by atoms with Crippen molar-refractivity contribution in [1.29, 1.82) is 0 Å². The standard InChI is InChI=1S/C10H7ClF2O2/c11-6-3-5(7(12)4-8(6)13)10(1-2-10)9(14)15/h3-4H,1-2H2,(H,14,15). The van der Waals surface area contributed by atoms with Crippen molar-refractivity contribution >= 4 is 17.6 Å². The van der Waals surface area contributed by atoms with Gasteiger partial charge in [0.25, 0.3) is 0 Å². The Bertz CT molecular complexity index is 441. The highest BCUT2D eigenvalue weighted by atomic mass is 35.5. The van der Waals surface area contributed by atoms with Gasteiger partial charge in [0.15, 0.2) is 0 Å². The predicted molar refractivity (Wildman–Crippen MR) is 49.9 cm³/mol. The summed E-state index contributed by atoms with van der Waals surface area (Å²) in [5.41, 5.74) is -1.22. The third-order valence-corrected chi connectivity index (χ3v) is 2.97. The Morgan fingerprint density at radius 2 is 1.93 bits per heavy atom. The van der Waals surface area contributed by atoms with Gasteiger partial charge in [0.2, 0.25) is 0 Å². The highest BCUT2D eigenvalue weighted by Crippen LogP contribution is 2.49. The van der Waals surface area contributed by atoms with Gasteiger partial charge in [0.05, 0.1) is 10.4 Å². The second-order valence-electron chi connectivity index (χ2n) is 3.63. The Balaban J connectivity index is 2.54. The summed E-state index contributed by atoms with van der Waals surface area (Å²) in [5, 5.41) is 8.69. The molecule has 0 saturated heterocycles. The summed E-state index contributed by atoms with van der Waals surface area (Å²) >= 11 is 5.49. The van der Waals surface area contributed by atoms with Crippen LogP contribution in [0.1, 0.15) is 18.4 Å². The van der Waals surface area contributed by atoms with Crippen LogP contribution in [0.15, 0.2) is 12.1 Å². The van der Waals surface area contributed by atoms with E-state index < -0.39 is 23.0 Å². The van der Waals surface area contributed by atoms with Crippen LogP contribution in [0.4, 0.5) is 8.78 Å². The lowest BCUT2D eigenvalue weighted by Gasteiger charge is -2.11. The molecule has 5 heteroatoms. The molecule has 0 unspecified atom stereocenters. The van der Waals surface area contributed by atoms with Crippen LogP contribution >= 0.6 is 11.6 Å². The molecule has 15 heavy (non-hydrogen) atoms. The van der Waals surface area contributed by atoms with Gasteiger partial charge in [-0.3, -0.25) is 4.79 Å². The summed E-state index contributed by atoms with van der Waals surface area (Å²) in [7, 11) is 0. The van der Waals surface area contributed by atoms with Crippen molar-refractivity contribution in [2.45, 2.75) is 18.3 Å². The second-order valence-corrected chi connectivity index (χ2v) is 4.04. The fourth-order valence-corrected chi connectivity index (χ4v) is 1.78. The molecule has 1 saturated carbocycles. The van der Waals surface area contributed by atoms with Gasteiger partial charge < -0.3 is 5.11 Å². The summed E-state index contributed by atoms with van der Waals surface area (Å²) in [5.74, 6) is -2.82. The third kappa shape index (κ3) is 1.49. The Kier molecular flexibility index (Phi) is 2.19. The van der Waals surface area contributed by atoms with E-state index in [2.05, 4.69) is 0 Å². The summed E-state index contributed by atoms with van der Waals surface area (Å²) in [4.78, 5) is 10.9. The summed E-state index contributed by atoms with van der Waals surface area (Å²) in [6.45, 7) is 0. The summed E-state index contributed by atoms with van der Waals surface area (Å²) < 4.78 is 26.2. The van der Waals surface area contributed by atoms with Crippen LogP contribution in [-0.4, -0.2) is 11.1 Å². The molecule has 0 aliphatic heterocycles. The van der Waals surface area contributed by atoms with Crippen LogP contribution in [0, 0.1) is 11.6 Å². The van der Waals surface area contributed by atoms with E-state index in [0.717, 1.165) is 6.07 Å². The minimum Gasteiger partial charge on any atom is -0.481 e. The van der Waals surface area contributed by atoms with Crippen LogP contribution < -0.4 is 0 Å². The topological polar surface area (TPSA) is 37.3 Å². The Morgan fingerprint density at radius 1 is 1.33 bits per heavy atom. The highest BCUT2D eigenvalue weighted by Gasteiger charge is 2.53. The first-order chi connectivity index (χ1) is 6.97. The quantitative estimate of drug-likeness (QED) is 0.796. The van der Waals surface area contributed by atoms with E-state index >= 15 is 0 Å². The molecule has 1 N–H and O–H groups in total. The summed E-state index contributed by atoms with van der Waals surface area (Å²) in [6.07, 6.45) is 0.725. The van der Waals surface area contributed by atoms with Crippen molar-refractivity contribution in [2.75, 3.05) is 0 Å². The smallest absolute Gasteiger partial charge is 0.314 e. The van der Waals surface area contributed by atoms with E-state index in [1.807, 2.05) is 0 Å². The lowest BCUT2D eigenvalue weighted by molar-refractivity contribution is -0.140. The number of carboxylic acid groups (broad SMARTS) is 1. The minimum absolute atomic E-state index is 0.0265. The predicted octanol–water partition coefficient (Wildman–Crippen LogP) is 2.73. The largest absolute Gasteiger partial charge is 0.481 e. The van der Waals surface area contributed by atoms with E-state index in [0.29, 0.717) is 18.9 Å². The molecule has 0 aromatic heterocycles. The molecule has 2 nitrogen and oxygen atoms in total. The van der Waals surface area contributed by atoms with Crippen LogP contribution in [0.3, 0.4) is 0 Å². The number of hydrogen-bond acceptors (Lipinski definition) is 1. The molecule has 2 rings (SSSR count). The first-order valence-electron chi connectivity index (χ1n) is 4.36. The molecule has 0 spiro atoms. The van der Waals surface area contributed by atoms with Gasteiger partial charge in [-0.2, -0.15) is 0 Å². The van der Waals surface area contributed by atoms with Crippen LogP contribution in [0.5, 0.6) is 0 Å². The first-order valence-corrected chi connectivity index (χ1v) is 4.73. The van der Waals surface area contributed by atoms with Gasteiger partial charge in [-0.05, 0) is 18.9 Å². The fourth-order valence-electron chi connectivity index (χ4n) is 1.61. The SMILES string of the molecule is O=C(O)C1(c2cc(Cl)c(F)cc2F)CC1. The lowest BCUT2D eigenvalue weighted by atomic mass is 9.95. The molecule has 0 radical (unpaired) electrons. The van der Waals surface area contributed by atoms with Gasteiger partial charge in [-0.15, -0.1) is 0 Å². The minimum atomic E-state index is -1.19. The average molecular weight is 233 g/mol. The van der Waals surface area contributed by atoms with Crippen molar-refractivity contribution in [2.24, 2.45) is 0 Å². The monoisotopic (exact) mass is 232 g/mol. The van der Waals surface area contributed by atoms with Crippen molar-refractivity contribution in [3.8, 4) is 0 Å². The van der Waals surface area contributed by atoms with Gasteiger partial charge in [0, 0.05) is 11.6 Å². The Labute approximate surface area is 89.5 Å². The maximum atomic E-state index is 13.4. The van der Waals surface area contributed by atoms with Gasteiger partial charge >= 0.3 is 5.97 Å². The molecule has 0 amide bonds. The molecule has 0 bridgehead atoms. The zero-order valence-corrected chi connectivity index (χ0v) is 8.31. The summed E-state index contributed by atoms with van der Waals surface area (Å²) in [6, 6.07) is 1.69. The highest BCUT2D eigenvalue weighted by molar-refractivity contribution is 6.30. The number of carboxylic acids is 1. The molecule has 0 atom stereocenters. The first kappa shape index (κ1) is 10.4. The zero-order valence-electron chi connectivity index (χ0n) is 7.56. The molecule has 1 aromatic carbocycles. The maximum absolute atomic E-state index is 13.4. The van der Waals surface area contributed by atoms with E-state index in [-0.39, 0.29) is 10.6 Å². The van der Waals surface area contributed by atoms with Crippen LogP contribution in [0.25, 0.3) is 0 Å². The number of carbonyl (C=O) groups is 1.